The van der Waals surface area contributed by atoms with Crippen molar-refractivity contribution in [2.45, 2.75) is 52.5 Å². The molecule has 0 radical (unpaired) electrons. The van der Waals surface area contributed by atoms with Gasteiger partial charge < -0.3 is 9.73 Å². The Morgan fingerprint density at radius 1 is 1.20 bits per heavy atom. The van der Waals surface area contributed by atoms with Crippen LogP contribution in [0, 0.1) is 13.8 Å². The van der Waals surface area contributed by atoms with Gasteiger partial charge in [-0.1, -0.05) is 0 Å². The summed E-state index contributed by atoms with van der Waals surface area (Å²) in [7, 11) is 3.06. The van der Waals surface area contributed by atoms with Gasteiger partial charge in [-0.3, -0.25) is 18.7 Å². The largest absolute Gasteiger partial charge is 0.469 e. The Morgan fingerprint density at radius 2 is 1.93 bits per heavy atom. The molecule has 0 aliphatic heterocycles. The standard InChI is InChI=1S/C22H28N4O4/c1-13(8-9-16-7-6-12-30-16)23-18(27)11-10-17-14(2)19-20(24-15(17)3)25(4)22(29)26(5)21(19)28/h6-7,12-13H,8-11H2,1-5H3,(H,23,27). The monoisotopic (exact) mass is 412 g/mol. The van der Waals surface area contributed by atoms with Crippen LogP contribution in [0.2, 0.25) is 0 Å². The van der Waals surface area contributed by atoms with Crippen molar-refractivity contribution in [1.29, 1.82) is 0 Å². The normalized spacial score (nSPS) is 12.3. The van der Waals surface area contributed by atoms with Gasteiger partial charge in [-0.2, -0.15) is 0 Å². The Morgan fingerprint density at radius 3 is 2.60 bits per heavy atom. The van der Waals surface area contributed by atoms with E-state index in [2.05, 4.69) is 10.3 Å². The van der Waals surface area contributed by atoms with Crippen LogP contribution >= 0.6 is 0 Å². The van der Waals surface area contributed by atoms with Gasteiger partial charge in [-0.15, -0.1) is 0 Å². The van der Waals surface area contributed by atoms with Crippen molar-refractivity contribution in [1.82, 2.24) is 19.4 Å². The first-order valence-corrected chi connectivity index (χ1v) is 10.1. The smallest absolute Gasteiger partial charge is 0.332 e. The summed E-state index contributed by atoms with van der Waals surface area (Å²) < 4.78 is 7.79. The highest BCUT2D eigenvalue weighted by molar-refractivity contribution is 5.80. The summed E-state index contributed by atoms with van der Waals surface area (Å²) in [6, 6.07) is 3.81. The lowest BCUT2D eigenvalue weighted by molar-refractivity contribution is -0.121. The van der Waals surface area contributed by atoms with E-state index in [1.807, 2.05) is 32.9 Å². The molecule has 0 aliphatic rings. The molecule has 0 fully saturated rings. The van der Waals surface area contributed by atoms with E-state index in [-0.39, 0.29) is 17.5 Å². The van der Waals surface area contributed by atoms with E-state index < -0.39 is 5.69 Å². The third-order valence-electron chi connectivity index (χ3n) is 5.58. The van der Waals surface area contributed by atoms with Crippen molar-refractivity contribution < 1.29 is 9.21 Å². The van der Waals surface area contributed by atoms with Crippen molar-refractivity contribution >= 4 is 16.9 Å². The molecule has 0 bridgehead atoms. The molecule has 1 amide bonds. The summed E-state index contributed by atoms with van der Waals surface area (Å²) in [4.78, 5) is 41.8. The third-order valence-corrected chi connectivity index (χ3v) is 5.58. The highest BCUT2D eigenvalue weighted by Crippen LogP contribution is 2.20. The fourth-order valence-electron chi connectivity index (χ4n) is 3.78. The minimum Gasteiger partial charge on any atom is -0.469 e. The quantitative estimate of drug-likeness (QED) is 0.639. The van der Waals surface area contributed by atoms with Crippen molar-refractivity contribution in [2.75, 3.05) is 0 Å². The van der Waals surface area contributed by atoms with E-state index in [4.69, 9.17) is 4.42 Å². The SMILES string of the molecule is Cc1nc2c(c(C)c1CCC(=O)NC(C)CCc1ccco1)c(=O)n(C)c(=O)n2C. The second-order valence-electron chi connectivity index (χ2n) is 7.79. The summed E-state index contributed by atoms with van der Waals surface area (Å²) >= 11 is 0. The van der Waals surface area contributed by atoms with Gasteiger partial charge >= 0.3 is 5.69 Å². The highest BCUT2D eigenvalue weighted by atomic mass is 16.3. The Hall–Kier alpha value is -3.16. The van der Waals surface area contributed by atoms with Gasteiger partial charge in [0.1, 0.15) is 11.4 Å². The van der Waals surface area contributed by atoms with Gasteiger partial charge in [0.25, 0.3) is 5.56 Å². The van der Waals surface area contributed by atoms with Crippen LogP contribution in [-0.4, -0.2) is 26.1 Å². The predicted molar refractivity (Wildman–Crippen MR) is 115 cm³/mol. The number of pyridine rings is 1. The number of fused-ring (bicyclic) bond motifs is 1. The number of nitrogens with one attached hydrogen (secondary N) is 1. The molecule has 3 aromatic rings. The summed E-state index contributed by atoms with van der Waals surface area (Å²) in [6.07, 6.45) is 3.98. The van der Waals surface area contributed by atoms with E-state index >= 15 is 0 Å². The average Bonchev–Trinajstić information content (AvgIpc) is 3.22. The number of furan rings is 1. The molecule has 3 rings (SSSR count). The summed E-state index contributed by atoms with van der Waals surface area (Å²) in [6.45, 7) is 5.66. The molecule has 0 spiro atoms. The fraction of sp³-hybridized carbons (Fsp3) is 0.455. The molecule has 0 saturated carbocycles. The first-order valence-electron chi connectivity index (χ1n) is 10.1. The second kappa shape index (κ2) is 8.69. The Balaban J connectivity index is 1.73. The van der Waals surface area contributed by atoms with Gasteiger partial charge in [0, 0.05) is 38.7 Å². The number of carbonyl (C=O) groups excluding carboxylic acids is 1. The maximum absolute atomic E-state index is 12.7. The minimum absolute atomic E-state index is 0.0290. The Kier molecular flexibility index (Phi) is 6.24. The molecule has 0 aliphatic carbocycles. The molecular formula is C22H28N4O4. The van der Waals surface area contributed by atoms with E-state index in [1.165, 1.54) is 11.6 Å². The lowest BCUT2D eigenvalue weighted by Crippen LogP contribution is -2.38. The topological polar surface area (TPSA) is 99.1 Å². The number of carbonyl (C=O) groups is 1. The number of rotatable bonds is 7. The molecule has 8 nitrogen and oxygen atoms in total. The number of aromatic nitrogens is 3. The predicted octanol–water partition coefficient (Wildman–Crippen LogP) is 1.91. The number of hydrogen-bond acceptors (Lipinski definition) is 5. The molecule has 0 saturated heterocycles. The van der Waals surface area contributed by atoms with Crippen LogP contribution in [0.25, 0.3) is 11.0 Å². The van der Waals surface area contributed by atoms with Crippen molar-refractivity contribution in [2.24, 2.45) is 14.1 Å². The molecule has 1 unspecified atom stereocenters. The van der Waals surface area contributed by atoms with Crippen molar-refractivity contribution in [3.05, 3.63) is 61.8 Å². The van der Waals surface area contributed by atoms with Crippen LogP contribution in [0.15, 0.2) is 32.4 Å². The van der Waals surface area contributed by atoms with Crippen molar-refractivity contribution in [3.63, 3.8) is 0 Å². The number of aryl methyl sites for hydroxylation is 4. The molecule has 0 aromatic carbocycles. The Bertz CT molecular complexity index is 1190. The lowest BCUT2D eigenvalue weighted by atomic mass is 9.99. The van der Waals surface area contributed by atoms with Crippen LogP contribution in [0.5, 0.6) is 0 Å². The maximum Gasteiger partial charge on any atom is 0.332 e. The second-order valence-corrected chi connectivity index (χ2v) is 7.79. The summed E-state index contributed by atoms with van der Waals surface area (Å²) in [5.41, 5.74) is 1.97. The summed E-state index contributed by atoms with van der Waals surface area (Å²) in [5, 5.41) is 3.44. The van der Waals surface area contributed by atoms with Crippen molar-refractivity contribution in [3.8, 4) is 0 Å². The van der Waals surface area contributed by atoms with Crippen LogP contribution in [-0.2, 0) is 31.7 Å². The zero-order valence-corrected chi connectivity index (χ0v) is 18.1. The molecule has 160 valence electrons. The fourth-order valence-corrected chi connectivity index (χ4v) is 3.78. The van der Waals surface area contributed by atoms with E-state index in [0.29, 0.717) is 23.9 Å². The maximum atomic E-state index is 12.7. The zero-order chi connectivity index (χ0) is 22.0. The van der Waals surface area contributed by atoms with Gasteiger partial charge in [0.15, 0.2) is 0 Å². The summed E-state index contributed by atoms with van der Waals surface area (Å²) in [5.74, 6) is 0.856. The van der Waals surface area contributed by atoms with Crippen LogP contribution in [0.3, 0.4) is 0 Å². The molecule has 3 heterocycles. The lowest BCUT2D eigenvalue weighted by Gasteiger charge is -2.16. The molecular weight excluding hydrogens is 384 g/mol. The molecule has 3 aromatic heterocycles. The first-order chi connectivity index (χ1) is 14.2. The van der Waals surface area contributed by atoms with E-state index in [9.17, 15) is 14.4 Å². The molecule has 8 heteroatoms. The van der Waals surface area contributed by atoms with E-state index in [1.54, 1.807) is 13.3 Å². The molecule has 1 N–H and O–H groups in total. The number of nitrogens with zero attached hydrogens (tertiary/aromatic N) is 3. The van der Waals surface area contributed by atoms with Crippen LogP contribution in [0.1, 0.15) is 42.3 Å². The first kappa shape index (κ1) is 21.5. The highest BCUT2D eigenvalue weighted by Gasteiger charge is 2.18. The number of hydrogen-bond donors (Lipinski definition) is 1. The van der Waals surface area contributed by atoms with Crippen LogP contribution in [0.4, 0.5) is 0 Å². The third kappa shape index (κ3) is 4.22. The van der Waals surface area contributed by atoms with Gasteiger partial charge in [0.05, 0.1) is 11.6 Å². The molecule has 1 atom stereocenters. The van der Waals surface area contributed by atoms with Crippen LogP contribution < -0.4 is 16.6 Å². The number of amides is 1. The van der Waals surface area contributed by atoms with Gasteiger partial charge in [0.2, 0.25) is 5.91 Å². The Labute approximate surface area is 174 Å². The average molecular weight is 412 g/mol. The molecule has 30 heavy (non-hydrogen) atoms. The zero-order valence-electron chi connectivity index (χ0n) is 18.1. The van der Waals surface area contributed by atoms with Gasteiger partial charge in [-0.05, 0) is 56.9 Å². The van der Waals surface area contributed by atoms with E-state index in [0.717, 1.165) is 40.0 Å². The minimum atomic E-state index is -0.408. The van der Waals surface area contributed by atoms with Gasteiger partial charge in [-0.25, -0.2) is 9.78 Å².